The number of para-hydroxylation sites is 1. The topological polar surface area (TPSA) is 112 Å². The lowest BCUT2D eigenvalue weighted by Crippen LogP contribution is -2.46. The molecule has 2 N–H and O–H groups in total. The molecule has 0 bridgehead atoms. The van der Waals surface area contributed by atoms with Crippen molar-refractivity contribution >= 4 is 26.8 Å². The minimum atomic E-state index is -3.83. The number of hydrogen-bond acceptors (Lipinski definition) is 5. The molecule has 0 spiro atoms. The Morgan fingerprint density at radius 2 is 1.79 bits per heavy atom. The smallest absolute Gasteiger partial charge is 0.258 e. The molecule has 0 aliphatic carbocycles. The molecule has 29 heavy (non-hydrogen) atoms. The van der Waals surface area contributed by atoms with Crippen LogP contribution in [-0.2, 0) is 21.4 Å². The van der Waals surface area contributed by atoms with Crippen LogP contribution in [0.25, 0.3) is 10.9 Å². The number of carbonyl (C=O) groups excluding carboxylic acids is 1. The van der Waals surface area contributed by atoms with Gasteiger partial charge in [-0.15, -0.1) is 0 Å². The van der Waals surface area contributed by atoms with Gasteiger partial charge >= 0.3 is 0 Å². The molecule has 1 heterocycles. The number of sulfonamides is 1. The Bertz CT molecular complexity index is 1180. The summed E-state index contributed by atoms with van der Waals surface area (Å²) in [4.78, 5) is 33.6. The van der Waals surface area contributed by atoms with E-state index in [0.29, 0.717) is 23.3 Å². The molecular weight excluding hydrogens is 392 g/mol. The zero-order valence-corrected chi connectivity index (χ0v) is 16.9. The number of rotatable bonds is 7. The fourth-order valence-electron chi connectivity index (χ4n) is 2.96. The summed E-state index contributed by atoms with van der Waals surface area (Å²) in [6.07, 6.45) is 0. The molecule has 3 aromatic rings. The van der Waals surface area contributed by atoms with E-state index in [2.05, 4.69) is 14.7 Å². The van der Waals surface area contributed by atoms with Crippen LogP contribution >= 0.6 is 0 Å². The number of aromatic nitrogens is 2. The molecule has 0 radical (unpaired) electrons. The van der Waals surface area contributed by atoms with Gasteiger partial charge in [-0.1, -0.05) is 30.3 Å². The second-order valence-electron chi connectivity index (χ2n) is 6.54. The molecule has 2 aromatic carbocycles. The Hall–Kier alpha value is -3.04. The van der Waals surface area contributed by atoms with E-state index in [1.165, 1.54) is 24.0 Å². The predicted octanol–water partition coefficient (Wildman–Crippen LogP) is 1.64. The summed E-state index contributed by atoms with van der Waals surface area (Å²) in [7, 11) is -3.83. The summed E-state index contributed by atoms with van der Waals surface area (Å²) in [5.74, 6) is -0.0789. The van der Waals surface area contributed by atoms with Crippen LogP contribution in [-0.4, -0.2) is 41.8 Å². The van der Waals surface area contributed by atoms with Gasteiger partial charge in [-0.05, 0) is 38.1 Å². The lowest BCUT2D eigenvalue weighted by molar-refractivity contribution is -0.133. The van der Waals surface area contributed by atoms with Gasteiger partial charge in [0, 0.05) is 6.54 Å². The van der Waals surface area contributed by atoms with Gasteiger partial charge in [0.05, 0.1) is 28.4 Å². The summed E-state index contributed by atoms with van der Waals surface area (Å²) in [5.41, 5.74) is 0.250. The van der Waals surface area contributed by atoms with Crippen LogP contribution < -0.4 is 10.3 Å². The maximum atomic E-state index is 12.8. The summed E-state index contributed by atoms with van der Waals surface area (Å²) >= 11 is 0. The van der Waals surface area contributed by atoms with Gasteiger partial charge in [0.25, 0.3) is 5.56 Å². The number of likely N-dealkylation sites (N-methyl/N-ethyl adjacent to an activating group) is 1. The van der Waals surface area contributed by atoms with Crippen LogP contribution in [0.1, 0.15) is 19.7 Å². The number of aromatic amines is 1. The normalized spacial score (nSPS) is 12.6. The second kappa shape index (κ2) is 8.54. The van der Waals surface area contributed by atoms with Crippen molar-refractivity contribution in [2.45, 2.75) is 31.3 Å². The van der Waals surface area contributed by atoms with Crippen LogP contribution in [0.15, 0.2) is 64.3 Å². The van der Waals surface area contributed by atoms with E-state index in [1.807, 2.05) is 0 Å². The molecule has 152 valence electrons. The zero-order valence-electron chi connectivity index (χ0n) is 16.1. The van der Waals surface area contributed by atoms with Crippen LogP contribution in [0.5, 0.6) is 0 Å². The molecular formula is C20H22N4O4S. The minimum Gasteiger partial charge on any atom is -0.334 e. The minimum absolute atomic E-state index is 0.0623. The number of fused-ring (bicyclic) bond motifs is 1. The summed E-state index contributed by atoms with van der Waals surface area (Å²) in [5, 5.41) is 0.467. The number of carbonyl (C=O) groups is 1. The highest BCUT2D eigenvalue weighted by atomic mass is 32.2. The van der Waals surface area contributed by atoms with Crippen molar-refractivity contribution in [1.82, 2.24) is 19.6 Å². The van der Waals surface area contributed by atoms with Gasteiger partial charge in [0.1, 0.15) is 5.82 Å². The fourth-order valence-corrected chi connectivity index (χ4v) is 4.18. The highest BCUT2D eigenvalue weighted by molar-refractivity contribution is 7.89. The SMILES string of the molecule is CCN(Cc1nc2ccccc2c(=O)[nH]1)C(=O)[C@H](C)NS(=O)(=O)c1ccccc1. The molecule has 9 heteroatoms. The number of hydrogen-bond donors (Lipinski definition) is 2. The van der Waals surface area contributed by atoms with E-state index >= 15 is 0 Å². The van der Waals surface area contributed by atoms with Crippen molar-refractivity contribution in [1.29, 1.82) is 0 Å². The molecule has 3 rings (SSSR count). The molecule has 0 aliphatic rings. The van der Waals surface area contributed by atoms with E-state index in [-0.39, 0.29) is 17.0 Å². The number of nitrogens with zero attached hydrogens (tertiary/aromatic N) is 2. The van der Waals surface area contributed by atoms with Crippen LogP contribution in [0.4, 0.5) is 0 Å². The third-order valence-corrected chi connectivity index (χ3v) is 6.01. The average molecular weight is 414 g/mol. The Morgan fingerprint density at radius 3 is 2.48 bits per heavy atom. The van der Waals surface area contributed by atoms with E-state index in [1.54, 1.807) is 49.4 Å². The molecule has 8 nitrogen and oxygen atoms in total. The van der Waals surface area contributed by atoms with Crippen LogP contribution in [0.2, 0.25) is 0 Å². The lowest BCUT2D eigenvalue weighted by Gasteiger charge is -2.24. The van der Waals surface area contributed by atoms with Crippen molar-refractivity contribution in [3.63, 3.8) is 0 Å². The van der Waals surface area contributed by atoms with Gasteiger partial charge in [-0.25, -0.2) is 13.4 Å². The lowest BCUT2D eigenvalue weighted by atomic mass is 10.2. The third kappa shape index (κ3) is 4.69. The molecule has 0 aliphatic heterocycles. The first-order valence-corrected chi connectivity index (χ1v) is 10.6. The zero-order chi connectivity index (χ0) is 21.0. The monoisotopic (exact) mass is 414 g/mol. The van der Waals surface area contributed by atoms with Crippen molar-refractivity contribution in [3.8, 4) is 0 Å². The highest BCUT2D eigenvalue weighted by Gasteiger charge is 2.25. The number of benzene rings is 2. The average Bonchev–Trinajstić information content (AvgIpc) is 2.72. The van der Waals surface area contributed by atoms with Gasteiger partial charge in [-0.3, -0.25) is 9.59 Å². The largest absolute Gasteiger partial charge is 0.334 e. The summed E-state index contributed by atoms with van der Waals surface area (Å²) in [6, 6.07) is 13.8. The van der Waals surface area contributed by atoms with Gasteiger partial charge in [-0.2, -0.15) is 4.72 Å². The molecule has 0 saturated heterocycles. The van der Waals surface area contributed by atoms with Crippen LogP contribution in [0, 0.1) is 0 Å². The highest BCUT2D eigenvalue weighted by Crippen LogP contribution is 2.11. The van der Waals surface area contributed by atoms with Gasteiger partial charge in [0.2, 0.25) is 15.9 Å². The molecule has 1 aromatic heterocycles. The Labute approximate surface area is 168 Å². The first-order valence-electron chi connectivity index (χ1n) is 9.16. The van der Waals surface area contributed by atoms with Crippen LogP contribution in [0.3, 0.4) is 0 Å². The molecule has 0 saturated carbocycles. The maximum absolute atomic E-state index is 12.8. The number of amides is 1. The predicted molar refractivity (Wildman–Crippen MR) is 110 cm³/mol. The third-order valence-electron chi connectivity index (χ3n) is 4.45. The quantitative estimate of drug-likeness (QED) is 0.610. The van der Waals surface area contributed by atoms with Gasteiger partial charge < -0.3 is 9.88 Å². The van der Waals surface area contributed by atoms with E-state index in [0.717, 1.165) is 0 Å². The summed E-state index contributed by atoms with van der Waals surface area (Å²) < 4.78 is 27.3. The van der Waals surface area contributed by atoms with Crippen molar-refractivity contribution < 1.29 is 13.2 Å². The first-order chi connectivity index (χ1) is 13.8. The van der Waals surface area contributed by atoms with Crippen molar-refractivity contribution in [3.05, 3.63) is 70.8 Å². The van der Waals surface area contributed by atoms with Gasteiger partial charge in [0.15, 0.2) is 0 Å². The van der Waals surface area contributed by atoms with Crippen molar-refractivity contribution in [2.24, 2.45) is 0 Å². The number of H-pyrrole nitrogens is 1. The fraction of sp³-hybridized carbons (Fsp3) is 0.250. The molecule has 0 unspecified atom stereocenters. The molecule has 1 atom stereocenters. The van der Waals surface area contributed by atoms with E-state index in [4.69, 9.17) is 0 Å². The molecule has 0 fully saturated rings. The standard InChI is InChI=1S/C20H22N4O4S/c1-3-24(13-18-21-17-12-8-7-11-16(17)19(25)22-18)20(26)14(2)23-29(27,28)15-9-5-4-6-10-15/h4-12,14,23H,3,13H2,1-2H3,(H,21,22,25)/t14-/m0/s1. The Balaban J connectivity index is 1.77. The van der Waals surface area contributed by atoms with E-state index < -0.39 is 22.0 Å². The maximum Gasteiger partial charge on any atom is 0.258 e. The van der Waals surface area contributed by atoms with E-state index in [9.17, 15) is 18.0 Å². The van der Waals surface area contributed by atoms with Crippen molar-refractivity contribution in [2.75, 3.05) is 6.54 Å². The first kappa shape index (κ1) is 20.7. The summed E-state index contributed by atoms with van der Waals surface area (Å²) in [6.45, 7) is 3.65. The number of nitrogens with one attached hydrogen (secondary N) is 2. The second-order valence-corrected chi connectivity index (χ2v) is 8.25. The Kier molecular flexibility index (Phi) is 6.09. The molecule has 1 amide bonds. The Morgan fingerprint density at radius 1 is 1.14 bits per heavy atom.